The van der Waals surface area contributed by atoms with Gasteiger partial charge in [0.1, 0.15) is 0 Å². The number of nitrogens with zero attached hydrogens (tertiary/aromatic N) is 2. The second-order valence-corrected chi connectivity index (χ2v) is 4.86. The van der Waals surface area contributed by atoms with Crippen molar-refractivity contribution in [2.24, 2.45) is 11.7 Å². The second-order valence-electron chi connectivity index (χ2n) is 4.86. The molecule has 1 amide bonds. The summed E-state index contributed by atoms with van der Waals surface area (Å²) in [5.74, 6) is 1.04. The Labute approximate surface area is 116 Å². The highest BCUT2D eigenvalue weighted by Crippen LogP contribution is 2.29. The van der Waals surface area contributed by atoms with Crippen molar-refractivity contribution >= 4 is 30.7 Å². The number of carbonyl (C=O) groups is 1. The Morgan fingerprint density at radius 3 is 2.18 bits per heavy atom. The molecule has 1 aliphatic heterocycles. The van der Waals surface area contributed by atoms with Crippen LogP contribution in [0, 0.1) is 5.92 Å². The highest BCUT2D eigenvalue weighted by Gasteiger charge is 2.28. The fourth-order valence-electron chi connectivity index (χ4n) is 2.10. The molecule has 4 nitrogen and oxygen atoms in total. The maximum absolute atomic E-state index is 11.6. The van der Waals surface area contributed by atoms with Gasteiger partial charge in [0.15, 0.2) is 0 Å². The Morgan fingerprint density at radius 2 is 1.76 bits per heavy atom. The first-order valence-corrected chi connectivity index (χ1v) is 5.93. The van der Waals surface area contributed by atoms with Crippen LogP contribution in [-0.4, -0.2) is 54.5 Å². The number of amides is 1. The molecule has 1 saturated carbocycles. The van der Waals surface area contributed by atoms with Crippen LogP contribution in [0.3, 0.4) is 0 Å². The van der Waals surface area contributed by atoms with Gasteiger partial charge in [0.05, 0.1) is 6.04 Å². The molecule has 1 saturated heterocycles. The van der Waals surface area contributed by atoms with Gasteiger partial charge in [0.2, 0.25) is 5.91 Å². The molecule has 0 bridgehead atoms. The summed E-state index contributed by atoms with van der Waals surface area (Å²) in [5, 5.41) is 0. The average molecular weight is 284 g/mol. The Kier molecular flexibility index (Phi) is 7.40. The van der Waals surface area contributed by atoms with E-state index in [1.54, 1.807) is 6.92 Å². The van der Waals surface area contributed by atoms with E-state index in [-0.39, 0.29) is 36.8 Å². The van der Waals surface area contributed by atoms with E-state index in [1.807, 2.05) is 4.90 Å². The first-order valence-electron chi connectivity index (χ1n) is 5.93. The number of rotatable bonds is 3. The van der Waals surface area contributed by atoms with Crippen LogP contribution in [0.25, 0.3) is 0 Å². The molecule has 1 atom stereocenters. The summed E-state index contributed by atoms with van der Waals surface area (Å²) in [6.07, 6.45) is 2.80. The molecule has 0 radical (unpaired) electrons. The Balaban J connectivity index is 0.00000128. The molecule has 1 aliphatic carbocycles. The zero-order valence-corrected chi connectivity index (χ0v) is 11.9. The lowest BCUT2D eigenvalue weighted by atomic mass is 10.2. The number of hydrogen-bond donors (Lipinski definition) is 1. The lowest BCUT2D eigenvalue weighted by Gasteiger charge is -2.35. The quantitative estimate of drug-likeness (QED) is 0.831. The molecule has 6 heteroatoms. The van der Waals surface area contributed by atoms with Crippen LogP contribution in [0.2, 0.25) is 0 Å². The van der Waals surface area contributed by atoms with Crippen LogP contribution in [0.1, 0.15) is 19.8 Å². The van der Waals surface area contributed by atoms with E-state index in [4.69, 9.17) is 5.73 Å². The van der Waals surface area contributed by atoms with Crippen molar-refractivity contribution in [3.8, 4) is 0 Å². The molecule has 102 valence electrons. The molecule has 17 heavy (non-hydrogen) atoms. The van der Waals surface area contributed by atoms with Gasteiger partial charge in [0.25, 0.3) is 0 Å². The van der Waals surface area contributed by atoms with Crippen molar-refractivity contribution in [2.45, 2.75) is 25.8 Å². The predicted octanol–water partition coefficient (Wildman–Crippen LogP) is 0.731. The van der Waals surface area contributed by atoms with Crippen LogP contribution in [0.4, 0.5) is 0 Å². The Bertz CT molecular complexity index is 239. The molecular formula is C11H23Cl2N3O. The summed E-state index contributed by atoms with van der Waals surface area (Å²) in [6.45, 7) is 6.75. The van der Waals surface area contributed by atoms with Gasteiger partial charge in [-0.3, -0.25) is 9.69 Å². The zero-order chi connectivity index (χ0) is 10.8. The number of halogens is 2. The number of hydrogen-bond acceptors (Lipinski definition) is 3. The Hall–Kier alpha value is -0.0300. The van der Waals surface area contributed by atoms with Gasteiger partial charge in [-0.1, -0.05) is 0 Å². The lowest BCUT2D eigenvalue weighted by molar-refractivity contribution is -0.133. The second kappa shape index (κ2) is 7.41. The molecule has 2 aliphatic rings. The predicted molar refractivity (Wildman–Crippen MR) is 73.9 cm³/mol. The molecule has 0 unspecified atom stereocenters. The third-order valence-electron chi connectivity index (χ3n) is 3.29. The van der Waals surface area contributed by atoms with E-state index in [9.17, 15) is 4.79 Å². The van der Waals surface area contributed by atoms with Crippen molar-refractivity contribution in [1.29, 1.82) is 0 Å². The van der Waals surface area contributed by atoms with Gasteiger partial charge >= 0.3 is 0 Å². The van der Waals surface area contributed by atoms with Crippen LogP contribution >= 0.6 is 24.8 Å². The fourth-order valence-corrected chi connectivity index (χ4v) is 2.10. The number of carbonyl (C=O) groups excluding carboxylic acids is 1. The maximum Gasteiger partial charge on any atom is 0.239 e. The highest BCUT2D eigenvalue weighted by atomic mass is 35.5. The third kappa shape index (κ3) is 5.00. The minimum Gasteiger partial charge on any atom is -0.339 e. The largest absolute Gasteiger partial charge is 0.339 e. The topological polar surface area (TPSA) is 49.6 Å². The minimum atomic E-state index is -0.347. The number of piperazine rings is 1. The van der Waals surface area contributed by atoms with E-state index < -0.39 is 0 Å². The molecule has 0 aromatic carbocycles. The van der Waals surface area contributed by atoms with Gasteiger partial charge in [-0.05, 0) is 25.7 Å². The first-order chi connectivity index (χ1) is 7.16. The summed E-state index contributed by atoms with van der Waals surface area (Å²) in [4.78, 5) is 16.0. The van der Waals surface area contributed by atoms with Crippen LogP contribution in [-0.2, 0) is 4.79 Å². The summed E-state index contributed by atoms with van der Waals surface area (Å²) in [6, 6.07) is -0.347. The molecule has 0 aromatic rings. The third-order valence-corrected chi connectivity index (χ3v) is 3.29. The van der Waals surface area contributed by atoms with Gasteiger partial charge < -0.3 is 10.6 Å². The van der Waals surface area contributed by atoms with Gasteiger partial charge in [-0.15, -0.1) is 24.8 Å². The smallest absolute Gasteiger partial charge is 0.239 e. The summed E-state index contributed by atoms with van der Waals surface area (Å²) in [7, 11) is 0. The molecule has 0 spiro atoms. The van der Waals surface area contributed by atoms with Crippen molar-refractivity contribution in [3.63, 3.8) is 0 Å². The summed E-state index contributed by atoms with van der Waals surface area (Å²) < 4.78 is 0. The van der Waals surface area contributed by atoms with Crippen LogP contribution in [0.5, 0.6) is 0 Å². The molecule has 0 aromatic heterocycles. The monoisotopic (exact) mass is 283 g/mol. The lowest BCUT2D eigenvalue weighted by Crippen LogP contribution is -2.52. The zero-order valence-electron chi connectivity index (χ0n) is 10.3. The molecular weight excluding hydrogens is 261 g/mol. The minimum absolute atomic E-state index is 0. The summed E-state index contributed by atoms with van der Waals surface area (Å²) >= 11 is 0. The number of nitrogens with two attached hydrogens (primary N) is 1. The van der Waals surface area contributed by atoms with Crippen molar-refractivity contribution in [1.82, 2.24) is 9.80 Å². The van der Waals surface area contributed by atoms with Gasteiger partial charge in [-0.2, -0.15) is 0 Å². The normalized spacial score (nSPS) is 22.4. The average Bonchev–Trinajstić information content (AvgIpc) is 3.02. The van der Waals surface area contributed by atoms with E-state index in [1.165, 1.54) is 19.4 Å². The molecule has 2 N–H and O–H groups in total. The molecule has 2 fully saturated rings. The van der Waals surface area contributed by atoms with Gasteiger partial charge in [-0.25, -0.2) is 0 Å². The van der Waals surface area contributed by atoms with Crippen molar-refractivity contribution < 1.29 is 4.79 Å². The van der Waals surface area contributed by atoms with Crippen molar-refractivity contribution in [3.05, 3.63) is 0 Å². The fraction of sp³-hybridized carbons (Fsp3) is 0.909. The molecule has 2 rings (SSSR count). The summed E-state index contributed by atoms with van der Waals surface area (Å²) in [5.41, 5.74) is 5.59. The van der Waals surface area contributed by atoms with E-state index >= 15 is 0 Å². The van der Waals surface area contributed by atoms with Crippen LogP contribution < -0.4 is 5.73 Å². The maximum atomic E-state index is 11.6. The standard InChI is InChI=1S/C11H21N3O.2ClH/c1-9(12)11(15)14-6-4-13(5-7-14)8-10-2-3-10;;/h9-10H,2-8,12H2,1H3;2*1H/t9-;;/m1../s1. The van der Waals surface area contributed by atoms with E-state index in [0.29, 0.717) is 0 Å². The van der Waals surface area contributed by atoms with Crippen LogP contribution in [0.15, 0.2) is 0 Å². The Morgan fingerprint density at radius 1 is 1.24 bits per heavy atom. The first kappa shape index (κ1) is 17.0. The highest BCUT2D eigenvalue weighted by molar-refractivity contribution is 5.85. The SMILES string of the molecule is C[C@@H](N)C(=O)N1CCN(CC2CC2)CC1.Cl.Cl. The molecule has 1 heterocycles. The van der Waals surface area contributed by atoms with Crippen molar-refractivity contribution in [2.75, 3.05) is 32.7 Å². The van der Waals surface area contributed by atoms with E-state index in [2.05, 4.69) is 4.90 Å². The van der Waals surface area contributed by atoms with E-state index in [0.717, 1.165) is 32.1 Å². The van der Waals surface area contributed by atoms with Gasteiger partial charge in [0, 0.05) is 32.7 Å².